The summed E-state index contributed by atoms with van der Waals surface area (Å²) in [5.74, 6) is 1.12. The predicted molar refractivity (Wildman–Crippen MR) is 71.9 cm³/mol. The Morgan fingerprint density at radius 3 is 2.74 bits per heavy atom. The van der Waals surface area contributed by atoms with E-state index in [1.165, 1.54) is 18.7 Å². The molecular weight excluding hydrogens is 264 g/mol. The van der Waals surface area contributed by atoms with E-state index in [1.54, 1.807) is 6.07 Å². The first-order valence-corrected chi connectivity index (χ1v) is 8.05. The van der Waals surface area contributed by atoms with Gasteiger partial charge in [-0.2, -0.15) is 0 Å². The van der Waals surface area contributed by atoms with E-state index in [0.717, 1.165) is 12.8 Å². The van der Waals surface area contributed by atoms with E-state index in [9.17, 15) is 8.42 Å². The van der Waals surface area contributed by atoms with Gasteiger partial charge in [0.15, 0.2) is 5.03 Å². The molecule has 0 spiro atoms. The Bertz CT molecular complexity index is 513. The lowest BCUT2D eigenvalue weighted by Gasteiger charge is -2.11. The Kier molecular flexibility index (Phi) is 4.54. The van der Waals surface area contributed by atoms with Gasteiger partial charge in [-0.1, -0.05) is 19.4 Å². The summed E-state index contributed by atoms with van der Waals surface area (Å²) < 4.78 is 26.7. The molecule has 2 rings (SSSR count). The molecule has 5 nitrogen and oxygen atoms in total. The normalized spacial score (nSPS) is 23.7. The van der Waals surface area contributed by atoms with Crippen molar-refractivity contribution in [3.8, 4) is 0 Å². The third kappa shape index (κ3) is 3.75. The van der Waals surface area contributed by atoms with Gasteiger partial charge in [0.1, 0.15) is 0 Å². The van der Waals surface area contributed by atoms with Gasteiger partial charge in [0.05, 0.1) is 6.61 Å². The Morgan fingerprint density at radius 2 is 2.21 bits per heavy atom. The molecule has 1 heterocycles. The molecule has 0 radical (unpaired) electrons. The molecule has 0 bridgehead atoms. The zero-order chi connectivity index (χ0) is 13.9. The molecule has 0 aromatic carbocycles. The first-order chi connectivity index (χ1) is 9.01. The van der Waals surface area contributed by atoms with Crippen molar-refractivity contribution in [3.05, 3.63) is 23.9 Å². The number of aliphatic hydroxyl groups excluding tert-OH is 1. The van der Waals surface area contributed by atoms with Crippen LogP contribution in [0, 0.1) is 11.8 Å². The van der Waals surface area contributed by atoms with Crippen molar-refractivity contribution in [2.45, 2.75) is 37.8 Å². The fraction of sp³-hybridized carbons (Fsp3) is 0.615. The minimum Gasteiger partial charge on any atom is -0.392 e. The molecule has 2 N–H and O–H groups in total. The third-order valence-corrected chi connectivity index (χ3v) is 4.96. The number of pyridine rings is 1. The average Bonchev–Trinajstić information content (AvgIpc) is 2.82. The van der Waals surface area contributed by atoms with Gasteiger partial charge in [-0.05, 0) is 36.3 Å². The van der Waals surface area contributed by atoms with Crippen LogP contribution in [-0.2, 0) is 16.6 Å². The smallest absolute Gasteiger partial charge is 0.258 e. The van der Waals surface area contributed by atoms with Crippen molar-refractivity contribution in [1.29, 1.82) is 0 Å². The number of hydrogen-bond donors (Lipinski definition) is 2. The highest BCUT2D eigenvalue weighted by molar-refractivity contribution is 7.89. The van der Waals surface area contributed by atoms with Crippen LogP contribution in [0.25, 0.3) is 0 Å². The summed E-state index contributed by atoms with van der Waals surface area (Å²) in [6.07, 6.45) is 4.72. The fourth-order valence-electron chi connectivity index (χ4n) is 2.48. The molecule has 1 fully saturated rings. The lowest BCUT2D eigenvalue weighted by atomic mass is 10.1. The van der Waals surface area contributed by atoms with Gasteiger partial charge in [-0.25, -0.2) is 18.1 Å². The highest BCUT2D eigenvalue weighted by Crippen LogP contribution is 2.29. The van der Waals surface area contributed by atoms with Crippen LogP contribution >= 0.6 is 0 Å². The van der Waals surface area contributed by atoms with Gasteiger partial charge >= 0.3 is 0 Å². The topological polar surface area (TPSA) is 79.3 Å². The van der Waals surface area contributed by atoms with Crippen molar-refractivity contribution in [2.24, 2.45) is 11.8 Å². The highest BCUT2D eigenvalue weighted by Gasteiger charge is 2.24. The van der Waals surface area contributed by atoms with Crippen LogP contribution in [0.1, 0.15) is 31.7 Å². The summed E-state index contributed by atoms with van der Waals surface area (Å²) in [5, 5.41) is 8.91. The number of nitrogens with zero attached hydrogens (tertiary/aromatic N) is 1. The molecule has 1 aliphatic rings. The zero-order valence-electron chi connectivity index (χ0n) is 11.0. The standard InChI is InChI=1S/C13H20N2O3S/c1-10-2-3-11(6-10)8-15-19(17,18)13-5-4-12(9-16)7-14-13/h4-5,7,10-11,15-16H,2-3,6,8-9H2,1H3. The van der Waals surface area contributed by atoms with Crippen LogP contribution < -0.4 is 4.72 Å². The molecular formula is C13H20N2O3S. The summed E-state index contributed by atoms with van der Waals surface area (Å²) in [4.78, 5) is 3.87. The summed E-state index contributed by atoms with van der Waals surface area (Å²) >= 11 is 0. The lowest BCUT2D eigenvalue weighted by Crippen LogP contribution is -2.29. The van der Waals surface area contributed by atoms with Gasteiger partial charge in [0.25, 0.3) is 10.0 Å². The van der Waals surface area contributed by atoms with E-state index < -0.39 is 10.0 Å². The molecule has 106 valence electrons. The number of rotatable bonds is 5. The van der Waals surface area contributed by atoms with Gasteiger partial charge in [-0.3, -0.25) is 0 Å². The second-order valence-electron chi connectivity index (χ2n) is 5.30. The number of aliphatic hydroxyl groups is 1. The maximum absolute atomic E-state index is 12.0. The number of nitrogens with one attached hydrogen (secondary N) is 1. The second-order valence-corrected chi connectivity index (χ2v) is 7.01. The van der Waals surface area contributed by atoms with Crippen molar-refractivity contribution >= 4 is 10.0 Å². The number of sulfonamides is 1. The summed E-state index contributed by atoms with van der Waals surface area (Å²) in [6.45, 7) is 2.54. The largest absolute Gasteiger partial charge is 0.392 e. The van der Waals surface area contributed by atoms with Crippen LogP contribution in [0.5, 0.6) is 0 Å². The van der Waals surface area contributed by atoms with Gasteiger partial charge < -0.3 is 5.11 Å². The first kappa shape index (κ1) is 14.4. The molecule has 1 aromatic rings. The van der Waals surface area contributed by atoms with Gasteiger partial charge in [-0.15, -0.1) is 0 Å². The highest BCUT2D eigenvalue weighted by atomic mass is 32.2. The quantitative estimate of drug-likeness (QED) is 0.854. The molecule has 1 aliphatic carbocycles. The van der Waals surface area contributed by atoms with E-state index in [2.05, 4.69) is 16.6 Å². The first-order valence-electron chi connectivity index (χ1n) is 6.56. The molecule has 6 heteroatoms. The maximum atomic E-state index is 12.0. The zero-order valence-corrected chi connectivity index (χ0v) is 11.9. The molecule has 19 heavy (non-hydrogen) atoms. The number of aromatic nitrogens is 1. The Morgan fingerprint density at radius 1 is 1.42 bits per heavy atom. The summed E-state index contributed by atoms with van der Waals surface area (Å²) in [7, 11) is -3.53. The van der Waals surface area contributed by atoms with Crippen molar-refractivity contribution < 1.29 is 13.5 Å². The molecule has 0 aliphatic heterocycles. The minimum atomic E-state index is -3.53. The average molecular weight is 284 g/mol. The summed E-state index contributed by atoms with van der Waals surface area (Å²) in [5.41, 5.74) is 0.601. The lowest BCUT2D eigenvalue weighted by molar-refractivity contribution is 0.281. The van der Waals surface area contributed by atoms with Crippen LogP contribution in [0.2, 0.25) is 0 Å². The molecule has 2 unspecified atom stereocenters. The van der Waals surface area contributed by atoms with Crippen molar-refractivity contribution in [2.75, 3.05) is 6.54 Å². The summed E-state index contributed by atoms with van der Waals surface area (Å²) in [6, 6.07) is 2.99. The van der Waals surface area contributed by atoms with Crippen LogP contribution in [0.4, 0.5) is 0 Å². The molecule has 1 saturated carbocycles. The Labute approximate surface area is 114 Å². The van der Waals surface area contributed by atoms with E-state index in [0.29, 0.717) is 23.9 Å². The predicted octanol–water partition coefficient (Wildman–Crippen LogP) is 1.29. The van der Waals surface area contributed by atoms with E-state index >= 15 is 0 Å². The van der Waals surface area contributed by atoms with Crippen LogP contribution in [-0.4, -0.2) is 25.1 Å². The Hall–Kier alpha value is -0.980. The molecule has 0 amide bonds. The van der Waals surface area contributed by atoms with E-state index in [1.807, 2.05) is 0 Å². The molecule has 0 saturated heterocycles. The second kappa shape index (κ2) is 5.98. The third-order valence-electron chi connectivity index (χ3n) is 3.62. The van der Waals surface area contributed by atoms with Crippen molar-refractivity contribution in [1.82, 2.24) is 9.71 Å². The monoisotopic (exact) mass is 284 g/mol. The fourth-order valence-corrected chi connectivity index (χ4v) is 3.52. The minimum absolute atomic E-state index is 0.00995. The maximum Gasteiger partial charge on any atom is 0.258 e. The van der Waals surface area contributed by atoms with Gasteiger partial charge in [0, 0.05) is 12.7 Å². The SMILES string of the molecule is CC1CCC(CNS(=O)(=O)c2ccc(CO)cn2)C1. The molecule has 2 atom stereocenters. The molecule has 1 aromatic heterocycles. The Balaban J connectivity index is 1.97. The van der Waals surface area contributed by atoms with E-state index in [4.69, 9.17) is 5.11 Å². The van der Waals surface area contributed by atoms with Crippen LogP contribution in [0.15, 0.2) is 23.4 Å². The van der Waals surface area contributed by atoms with E-state index in [-0.39, 0.29) is 11.6 Å². The number of hydrogen-bond acceptors (Lipinski definition) is 4. The van der Waals surface area contributed by atoms with Crippen LogP contribution in [0.3, 0.4) is 0 Å². The van der Waals surface area contributed by atoms with Crippen molar-refractivity contribution in [3.63, 3.8) is 0 Å². The van der Waals surface area contributed by atoms with Gasteiger partial charge in [0.2, 0.25) is 0 Å².